The van der Waals surface area contributed by atoms with Crippen molar-refractivity contribution in [1.82, 2.24) is 0 Å². The van der Waals surface area contributed by atoms with Crippen molar-refractivity contribution in [2.75, 3.05) is 0 Å². The summed E-state index contributed by atoms with van der Waals surface area (Å²) in [6, 6.07) is 2.05. The van der Waals surface area contributed by atoms with E-state index in [0.717, 1.165) is 17.7 Å². The first-order valence-electron chi connectivity index (χ1n) is 5.66. The SMILES string of the molecule is [2H]C([2H])=C(C[Si](C)(C)C)C[Si](C)(C)C. The summed E-state index contributed by atoms with van der Waals surface area (Å²) in [6.07, 6.45) is 0. The third-order valence-electron chi connectivity index (χ3n) is 1.49. The van der Waals surface area contributed by atoms with Crippen LogP contribution >= 0.6 is 0 Å². The molecule has 0 aliphatic carbocycles. The third kappa shape index (κ3) is 8.27. The summed E-state index contributed by atoms with van der Waals surface area (Å²) in [5, 5.41) is 0. The lowest BCUT2D eigenvalue weighted by molar-refractivity contribution is 1.28. The Kier molecular flexibility index (Phi) is 2.86. The fraction of sp³-hybridized carbons (Fsp3) is 0.800. The van der Waals surface area contributed by atoms with Gasteiger partial charge in [-0.05, 0) is 12.1 Å². The molecular weight excluding hydrogens is 176 g/mol. The number of hydrogen-bond acceptors (Lipinski definition) is 0. The van der Waals surface area contributed by atoms with Gasteiger partial charge >= 0.3 is 0 Å². The Morgan fingerprint density at radius 1 is 1.00 bits per heavy atom. The minimum atomic E-state index is -1.16. The normalized spacial score (nSPS) is 15.2. The molecule has 2 heteroatoms. The molecule has 72 valence electrons. The fourth-order valence-electron chi connectivity index (χ4n) is 1.34. The molecule has 0 atom stereocenters. The lowest BCUT2D eigenvalue weighted by Crippen LogP contribution is -2.24. The van der Waals surface area contributed by atoms with Crippen molar-refractivity contribution in [2.45, 2.75) is 51.4 Å². The van der Waals surface area contributed by atoms with E-state index < -0.39 is 16.1 Å². The van der Waals surface area contributed by atoms with Gasteiger partial charge < -0.3 is 0 Å². The van der Waals surface area contributed by atoms with E-state index in [-0.39, 0.29) is 6.53 Å². The molecule has 0 aromatic heterocycles. The molecule has 0 rings (SSSR count). The summed E-state index contributed by atoms with van der Waals surface area (Å²) >= 11 is 0. The second kappa shape index (κ2) is 3.92. The molecule has 0 saturated carbocycles. The van der Waals surface area contributed by atoms with Crippen molar-refractivity contribution >= 4 is 16.1 Å². The Morgan fingerprint density at radius 3 is 1.50 bits per heavy atom. The minimum absolute atomic E-state index is 0.0786. The summed E-state index contributed by atoms with van der Waals surface area (Å²) in [5.41, 5.74) is 1.10. The standard InChI is InChI=1S/C10H24Si2/c1-10(8-11(2,3)4)9-12(5,6)7/h1,8-9H2,2-7H3/i1D2. The van der Waals surface area contributed by atoms with Gasteiger partial charge in [0.1, 0.15) is 0 Å². The molecule has 0 heterocycles. The molecule has 12 heavy (non-hydrogen) atoms. The summed E-state index contributed by atoms with van der Waals surface area (Å²) < 4.78 is 15.0. The zero-order chi connectivity index (χ0) is 11.6. The molecule has 0 radical (unpaired) electrons. The van der Waals surface area contributed by atoms with Crippen molar-refractivity contribution in [2.24, 2.45) is 0 Å². The quantitative estimate of drug-likeness (QED) is 0.473. The molecule has 0 unspecified atom stereocenters. The van der Waals surface area contributed by atoms with Gasteiger partial charge in [0.15, 0.2) is 0 Å². The first-order chi connectivity index (χ1) is 6.01. The second-order valence-electron chi connectivity index (χ2n) is 6.08. The largest absolute Gasteiger partial charge is 0.100 e. The highest BCUT2D eigenvalue weighted by Crippen LogP contribution is 2.23. The Labute approximate surface area is 82.9 Å². The van der Waals surface area contributed by atoms with Gasteiger partial charge in [-0.15, -0.1) is 6.53 Å². The lowest BCUT2D eigenvalue weighted by atomic mass is 10.4. The van der Waals surface area contributed by atoms with Crippen LogP contribution in [0.4, 0.5) is 0 Å². The molecule has 0 aromatic carbocycles. The van der Waals surface area contributed by atoms with E-state index in [2.05, 4.69) is 39.3 Å². The summed E-state index contributed by atoms with van der Waals surface area (Å²) in [7, 11) is -2.32. The van der Waals surface area contributed by atoms with Crippen LogP contribution in [-0.4, -0.2) is 16.1 Å². The average Bonchev–Trinajstić information content (AvgIpc) is 1.78. The van der Waals surface area contributed by atoms with E-state index in [1.165, 1.54) is 0 Å². The zero-order valence-electron chi connectivity index (χ0n) is 11.4. The highest BCUT2D eigenvalue weighted by molar-refractivity contribution is 6.78. The zero-order valence-corrected chi connectivity index (χ0v) is 11.4. The molecule has 0 bridgehead atoms. The van der Waals surface area contributed by atoms with Crippen LogP contribution in [0, 0.1) is 0 Å². The van der Waals surface area contributed by atoms with Crippen molar-refractivity contribution in [3.8, 4) is 0 Å². The average molecular weight is 202 g/mol. The maximum Gasteiger partial charge on any atom is 0.0537 e. The van der Waals surface area contributed by atoms with Crippen LogP contribution in [0.25, 0.3) is 0 Å². The smallest absolute Gasteiger partial charge is 0.0537 e. The molecule has 0 N–H and O–H groups in total. The first-order valence-corrected chi connectivity index (χ1v) is 12.1. The highest BCUT2D eigenvalue weighted by atomic mass is 28.3. The Balaban J connectivity index is 4.59. The maximum atomic E-state index is 7.49. The van der Waals surface area contributed by atoms with Crippen molar-refractivity contribution in [1.29, 1.82) is 0 Å². The molecule has 0 aromatic rings. The summed E-state index contributed by atoms with van der Waals surface area (Å²) in [5.74, 6) is 0. The van der Waals surface area contributed by atoms with Gasteiger partial charge in [-0.2, -0.15) is 0 Å². The van der Waals surface area contributed by atoms with Gasteiger partial charge in [-0.25, -0.2) is 0 Å². The van der Waals surface area contributed by atoms with E-state index in [1.54, 1.807) is 0 Å². The number of allylic oxidation sites excluding steroid dienone is 1. The van der Waals surface area contributed by atoms with Crippen LogP contribution < -0.4 is 0 Å². The molecule has 0 nitrogen and oxygen atoms in total. The van der Waals surface area contributed by atoms with Crippen molar-refractivity contribution in [3.63, 3.8) is 0 Å². The van der Waals surface area contributed by atoms with Gasteiger partial charge in [0.25, 0.3) is 0 Å². The van der Waals surface area contributed by atoms with Gasteiger partial charge in [0.2, 0.25) is 0 Å². The molecule has 0 aliphatic rings. The monoisotopic (exact) mass is 202 g/mol. The first kappa shape index (κ1) is 8.76. The lowest BCUT2D eigenvalue weighted by Gasteiger charge is -2.22. The molecule has 0 fully saturated rings. The van der Waals surface area contributed by atoms with Gasteiger partial charge in [-0.3, -0.25) is 0 Å². The predicted octanol–water partition coefficient (Wildman–Crippen LogP) is 4.22. The molecule has 0 saturated heterocycles. The third-order valence-corrected chi connectivity index (χ3v) is 4.46. The van der Waals surface area contributed by atoms with E-state index >= 15 is 0 Å². The Bertz CT molecular complexity index is 199. The van der Waals surface area contributed by atoms with Gasteiger partial charge in [0.05, 0.1) is 2.74 Å². The molecule has 0 amide bonds. The number of hydrogen-bond donors (Lipinski definition) is 0. The maximum absolute atomic E-state index is 7.49. The van der Waals surface area contributed by atoms with Crippen LogP contribution in [0.3, 0.4) is 0 Å². The fourth-order valence-corrected chi connectivity index (χ4v) is 4.40. The van der Waals surface area contributed by atoms with Gasteiger partial charge in [0, 0.05) is 16.1 Å². The molecule has 0 spiro atoms. The van der Waals surface area contributed by atoms with Crippen molar-refractivity contribution < 1.29 is 2.74 Å². The molecule has 0 aliphatic heterocycles. The van der Waals surface area contributed by atoms with Crippen LogP contribution in [-0.2, 0) is 0 Å². The molecular formula is C10H24Si2. The summed E-state index contributed by atoms with van der Waals surface area (Å²) in [6.45, 7) is 13.9. The van der Waals surface area contributed by atoms with E-state index in [1.807, 2.05) is 0 Å². The highest BCUT2D eigenvalue weighted by Gasteiger charge is 2.19. The van der Waals surface area contributed by atoms with Crippen LogP contribution in [0.5, 0.6) is 0 Å². The Hall–Kier alpha value is 0.174. The topological polar surface area (TPSA) is 0 Å². The minimum Gasteiger partial charge on any atom is -0.100 e. The predicted molar refractivity (Wildman–Crippen MR) is 65.4 cm³/mol. The summed E-state index contributed by atoms with van der Waals surface area (Å²) in [4.78, 5) is 0. The number of rotatable bonds is 4. The van der Waals surface area contributed by atoms with Crippen molar-refractivity contribution in [3.05, 3.63) is 12.1 Å². The van der Waals surface area contributed by atoms with Crippen LogP contribution in [0.1, 0.15) is 2.74 Å². The van der Waals surface area contributed by atoms with Gasteiger partial charge in [-0.1, -0.05) is 44.9 Å². The Morgan fingerprint density at radius 2 is 1.33 bits per heavy atom. The van der Waals surface area contributed by atoms with E-state index in [4.69, 9.17) is 2.74 Å². The van der Waals surface area contributed by atoms with E-state index in [0.29, 0.717) is 0 Å². The van der Waals surface area contributed by atoms with E-state index in [9.17, 15) is 0 Å². The van der Waals surface area contributed by atoms with Crippen LogP contribution in [0.15, 0.2) is 12.1 Å². The van der Waals surface area contributed by atoms with Crippen LogP contribution in [0.2, 0.25) is 51.4 Å². The second-order valence-corrected chi connectivity index (χ2v) is 17.0.